The molecule has 2 unspecified atom stereocenters. The minimum absolute atomic E-state index is 0.460. The van der Waals surface area contributed by atoms with Gasteiger partial charge in [0.2, 0.25) is 0 Å². The highest BCUT2D eigenvalue weighted by Gasteiger charge is 2.36. The molecule has 15 heavy (non-hydrogen) atoms. The number of hydrogen-bond donors (Lipinski definition) is 3. The maximum Gasteiger partial charge on any atom is 0.323 e. The molecule has 4 nitrogen and oxygen atoms in total. The summed E-state index contributed by atoms with van der Waals surface area (Å²) < 4.78 is 0. The SMILES string of the molecule is C/C=C/CC(C)(C)C(O)C(NC)C(=O)O. The lowest BCUT2D eigenvalue weighted by atomic mass is 9.79. The number of rotatable bonds is 6. The molecule has 0 saturated carbocycles. The highest BCUT2D eigenvalue weighted by Crippen LogP contribution is 2.27. The Morgan fingerprint density at radius 3 is 2.40 bits per heavy atom. The number of carboxylic acids is 1. The Bertz CT molecular complexity index is 236. The van der Waals surface area contributed by atoms with Gasteiger partial charge in [-0.25, -0.2) is 0 Å². The number of nitrogens with one attached hydrogen (secondary N) is 1. The molecule has 88 valence electrons. The Morgan fingerprint density at radius 1 is 1.53 bits per heavy atom. The van der Waals surface area contributed by atoms with Crippen molar-refractivity contribution in [3.05, 3.63) is 12.2 Å². The van der Waals surface area contributed by atoms with E-state index in [4.69, 9.17) is 5.11 Å². The Hall–Kier alpha value is -0.870. The zero-order valence-corrected chi connectivity index (χ0v) is 9.82. The van der Waals surface area contributed by atoms with Crippen molar-refractivity contribution in [3.8, 4) is 0 Å². The topological polar surface area (TPSA) is 69.6 Å². The number of carbonyl (C=O) groups is 1. The van der Waals surface area contributed by atoms with Gasteiger partial charge in [0.1, 0.15) is 6.04 Å². The zero-order valence-electron chi connectivity index (χ0n) is 9.82. The summed E-state index contributed by atoms with van der Waals surface area (Å²) in [4.78, 5) is 10.9. The standard InChI is InChI=1S/C11H21NO3/c1-5-6-7-11(2,3)9(13)8(12-4)10(14)15/h5-6,8-9,12-13H,7H2,1-4H3,(H,14,15)/b6-5+. The van der Waals surface area contributed by atoms with Gasteiger partial charge in [-0.1, -0.05) is 26.0 Å². The molecular weight excluding hydrogens is 194 g/mol. The Kier molecular flexibility index (Phi) is 5.54. The second-order valence-electron chi connectivity index (χ2n) is 4.31. The molecule has 3 N–H and O–H groups in total. The summed E-state index contributed by atoms with van der Waals surface area (Å²) in [6, 6.07) is -0.926. The van der Waals surface area contributed by atoms with E-state index in [0.29, 0.717) is 6.42 Å². The molecule has 0 aromatic heterocycles. The molecule has 4 heteroatoms. The van der Waals surface area contributed by atoms with E-state index in [1.807, 2.05) is 32.9 Å². The number of aliphatic carboxylic acids is 1. The average Bonchev–Trinajstić information content (AvgIpc) is 2.15. The molecule has 0 aliphatic carbocycles. The number of aliphatic hydroxyl groups excluding tert-OH is 1. The van der Waals surface area contributed by atoms with E-state index in [1.165, 1.54) is 7.05 Å². The van der Waals surface area contributed by atoms with Gasteiger partial charge in [0.25, 0.3) is 0 Å². The minimum atomic E-state index is -1.03. The minimum Gasteiger partial charge on any atom is -0.480 e. The van der Waals surface area contributed by atoms with Gasteiger partial charge in [0.15, 0.2) is 0 Å². The fourth-order valence-corrected chi connectivity index (χ4v) is 1.41. The lowest BCUT2D eigenvalue weighted by Crippen LogP contribution is -2.50. The summed E-state index contributed by atoms with van der Waals surface area (Å²) in [6.07, 6.45) is 3.55. The van der Waals surface area contributed by atoms with Crippen molar-refractivity contribution >= 4 is 5.97 Å². The first kappa shape index (κ1) is 14.1. The van der Waals surface area contributed by atoms with E-state index >= 15 is 0 Å². The van der Waals surface area contributed by atoms with Crippen molar-refractivity contribution in [3.63, 3.8) is 0 Å². The Labute approximate surface area is 91.0 Å². The summed E-state index contributed by atoms with van der Waals surface area (Å²) in [5.41, 5.74) is -0.460. The van der Waals surface area contributed by atoms with Gasteiger partial charge in [0, 0.05) is 0 Å². The van der Waals surface area contributed by atoms with Crippen LogP contribution < -0.4 is 5.32 Å². The average molecular weight is 215 g/mol. The molecule has 0 rings (SSSR count). The molecule has 0 saturated heterocycles. The molecule has 0 fully saturated rings. The van der Waals surface area contributed by atoms with Gasteiger partial charge >= 0.3 is 5.97 Å². The third kappa shape index (κ3) is 4.01. The van der Waals surface area contributed by atoms with Gasteiger partial charge in [-0.2, -0.15) is 0 Å². The molecule has 0 radical (unpaired) electrons. The maximum absolute atomic E-state index is 10.9. The number of allylic oxidation sites excluding steroid dienone is 2. The van der Waals surface area contributed by atoms with E-state index in [-0.39, 0.29) is 0 Å². The van der Waals surface area contributed by atoms with Crippen LogP contribution in [0.5, 0.6) is 0 Å². The van der Waals surface area contributed by atoms with Gasteiger partial charge in [-0.3, -0.25) is 4.79 Å². The normalized spacial score (nSPS) is 16.6. The first-order valence-electron chi connectivity index (χ1n) is 5.06. The van der Waals surface area contributed by atoms with Gasteiger partial charge < -0.3 is 15.5 Å². The second-order valence-corrected chi connectivity index (χ2v) is 4.31. The van der Waals surface area contributed by atoms with Crippen molar-refractivity contribution in [2.45, 2.75) is 39.3 Å². The van der Waals surface area contributed by atoms with Crippen LogP contribution in [0.1, 0.15) is 27.2 Å². The van der Waals surface area contributed by atoms with Crippen LogP contribution in [0, 0.1) is 5.41 Å². The van der Waals surface area contributed by atoms with Crippen molar-refractivity contribution in [2.75, 3.05) is 7.05 Å². The predicted octanol–water partition coefficient (Wildman–Crippen LogP) is 1.01. The highest BCUT2D eigenvalue weighted by molar-refractivity contribution is 5.74. The summed E-state index contributed by atoms with van der Waals surface area (Å²) in [7, 11) is 1.54. The van der Waals surface area contributed by atoms with Crippen LogP contribution in [0.3, 0.4) is 0 Å². The van der Waals surface area contributed by atoms with Crippen LogP contribution in [-0.2, 0) is 4.79 Å². The Balaban J connectivity index is 4.63. The molecule has 0 heterocycles. The smallest absolute Gasteiger partial charge is 0.323 e. The van der Waals surface area contributed by atoms with E-state index in [1.54, 1.807) is 0 Å². The third-order valence-electron chi connectivity index (χ3n) is 2.57. The lowest BCUT2D eigenvalue weighted by Gasteiger charge is -2.33. The predicted molar refractivity (Wildman–Crippen MR) is 59.7 cm³/mol. The number of likely N-dealkylation sites (N-methyl/N-ethyl adjacent to an activating group) is 1. The van der Waals surface area contributed by atoms with Crippen LogP contribution >= 0.6 is 0 Å². The number of carboxylic acid groups (broad SMARTS) is 1. The molecular formula is C11H21NO3. The molecule has 0 spiro atoms. The largest absolute Gasteiger partial charge is 0.480 e. The van der Waals surface area contributed by atoms with Crippen molar-refractivity contribution in [1.29, 1.82) is 0 Å². The van der Waals surface area contributed by atoms with Crippen LogP contribution in [0.25, 0.3) is 0 Å². The monoisotopic (exact) mass is 215 g/mol. The quantitative estimate of drug-likeness (QED) is 0.578. The van der Waals surface area contributed by atoms with Gasteiger partial charge in [0.05, 0.1) is 6.10 Å². The van der Waals surface area contributed by atoms with Crippen molar-refractivity contribution < 1.29 is 15.0 Å². The summed E-state index contributed by atoms with van der Waals surface area (Å²) in [6.45, 7) is 5.60. The number of aliphatic hydroxyl groups is 1. The summed E-state index contributed by atoms with van der Waals surface area (Å²) in [5.74, 6) is -1.03. The molecule has 2 atom stereocenters. The van der Waals surface area contributed by atoms with Crippen LogP contribution in [-0.4, -0.2) is 35.4 Å². The zero-order chi connectivity index (χ0) is 12.1. The van der Waals surface area contributed by atoms with Crippen molar-refractivity contribution in [1.82, 2.24) is 5.32 Å². The molecule has 0 aromatic rings. The molecule has 0 amide bonds. The highest BCUT2D eigenvalue weighted by atomic mass is 16.4. The second kappa shape index (κ2) is 5.88. The first-order chi connectivity index (χ1) is 6.86. The Morgan fingerprint density at radius 2 is 2.07 bits per heavy atom. The molecule has 0 aliphatic heterocycles. The number of hydrogen-bond acceptors (Lipinski definition) is 3. The van der Waals surface area contributed by atoms with E-state index in [9.17, 15) is 9.90 Å². The van der Waals surface area contributed by atoms with Crippen LogP contribution in [0.15, 0.2) is 12.2 Å². The van der Waals surface area contributed by atoms with Crippen molar-refractivity contribution in [2.24, 2.45) is 5.41 Å². The molecule has 0 bridgehead atoms. The van der Waals surface area contributed by atoms with E-state index in [2.05, 4.69) is 5.32 Å². The first-order valence-corrected chi connectivity index (χ1v) is 5.06. The van der Waals surface area contributed by atoms with Gasteiger partial charge in [-0.05, 0) is 25.8 Å². The van der Waals surface area contributed by atoms with Crippen LogP contribution in [0.2, 0.25) is 0 Å². The van der Waals surface area contributed by atoms with Crippen LogP contribution in [0.4, 0.5) is 0 Å². The summed E-state index contributed by atoms with van der Waals surface area (Å²) >= 11 is 0. The molecule has 0 aromatic carbocycles. The van der Waals surface area contributed by atoms with Gasteiger partial charge in [-0.15, -0.1) is 0 Å². The fraction of sp³-hybridized carbons (Fsp3) is 0.727. The van der Waals surface area contributed by atoms with E-state index < -0.39 is 23.5 Å². The fourth-order valence-electron chi connectivity index (χ4n) is 1.41. The third-order valence-corrected chi connectivity index (χ3v) is 2.57. The summed E-state index contributed by atoms with van der Waals surface area (Å²) in [5, 5.41) is 21.5. The maximum atomic E-state index is 10.9. The van der Waals surface area contributed by atoms with E-state index in [0.717, 1.165) is 0 Å². The molecule has 0 aliphatic rings. The lowest BCUT2D eigenvalue weighted by molar-refractivity contribution is -0.144.